The van der Waals surface area contributed by atoms with Gasteiger partial charge in [0.25, 0.3) is 0 Å². The number of aromatic hydroxyl groups is 1. The zero-order valence-electron chi connectivity index (χ0n) is 15.9. The van der Waals surface area contributed by atoms with E-state index in [1.807, 2.05) is 36.4 Å². The molecule has 0 aliphatic carbocycles. The van der Waals surface area contributed by atoms with E-state index in [1.165, 1.54) is 11.6 Å². The quantitative estimate of drug-likeness (QED) is 0.691. The first-order valence-electron chi connectivity index (χ1n) is 9.24. The Morgan fingerprint density at radius 1 is 1.07 bits per heavy atom. The standard InChI is InChI=1S/C24H20N2O3/c1-15-2-4-16(5-3-15)14-28-19-9-6-17(7-10-19)23-20-11-8-18(27)12-22(20)29-24(26)21(23)13-25/h2-12,23,27H,14,26H2,1H3/t23-/m0/s1. The molecule has 1 aliphatic rings. The van der Waals surface area contributed by atoms with E-state index in [-0.39, 0.29) is 17.6 Å². The first kappa shape index (κ1) is 18.5. The maximum atomic E-state index is 9.74. The van der Waals surface area contributed by atoms with E-state index >= 15 is 0 Å². The molecule has 0 radical (unpaired) electrons. The number of phenolic OH excluding ortho intramolecular Hbond substituents is 1. The van der Waals surface area contributed by atoms with Gasteiger partial charge in [-0.05, 0) is 36.2 Å². The Hall–Kier alpha value is -3.91. The number of ether oxygens (including phenoxy) is 2. The predicted octanol–water partition coefficient (Wildman–Crippen LogP) is 4.50. The van der Waals surface area contributed by atoms with Crippen molar-refractivity contribution in [3.63, 3.8) is 0 Å². The molecule has 3 aromatic rings. The van der Waals surface area contributed by atoms with Crippen LogP contribution in [0, 0.1) is 18.3 Å². The first-order valence-corrected chi connectivity index (χ1v) is 9.24. The summed E-state index contributed by atoms with van der Waals surface area (Å²) in [5.41, 5.74) is 10.3. The lowest BCUT2D eigenvalue weighted by Gasteiger charge is -2.26. The molecular formula is C24H20N2O3. The summed E-state index contributed by atoms with van der Waals surface area (Å²) >= 11 is 0. The van der Waals surface area contributed by atoms with Gasteiger partial charge in [0.15, 0.2) is 0 Å². The van der Waals surface area contributed by atoms with E-state index in [0.29, 0.717) is 17.9 Å². The summed E-state index contributed by atoms with van der Waals surface area (Å²) in [6.45, 7) is 2.53. The van der Waals surface area contributed by atoms with Crippen molar-refractivity contribution in [2.75, 3.05) is 0 Å². The fourth-order valence-corrected chi connectivity index (χ4v) is 3.39. The number of nitrogens with zero attached hydrogens (tertiary/aromatic N) is 1. The van der Waals surface area contributed by atoms with Crippen molar-refractivity contribution < 1.29 is 14.6 Å². The molecule has 1 atom stereocenters. The minimum absolute atomic E-state index is 0.0512. The third-order valence-corrected chi connectivity index (χ3v) is 4.94. The summed E-state index contributed by atoms with van der Waals surface area (Å²) < 4.78 is 11.4. The number of phenols is 1. The summed E-state index contributed by atoms with van der Waals surface area (Å²) in [4.78, 5) is 0. The van der Waals surface area contributed by atoms with E-state index in [4.69, 9.17) is 15.2 Å². The molecule has 0 fully saturated rings. The minimum atomic E-state index is -0.365. The fourth-order valence-electron chi connectivity index (χ4n) is 3.39. The Labute approximate surface area is 169 Å². The molecule has 29 heavy (non-hydrogen) atoms. The van der Waals surface area contributed by atoms with E-state index in [9.17, 15) is 10.4 Å². The van der Waals surface area contributed by atoms with Crippen molar-refractivity contribution in [2.24, 2.45) is 5.73 Å². The Morgan fingerprint density at radius 3 is 2.48 bits per heavy atom. The van der Waals surface area contributed by atoms with Gasteiger partial charge in [-0.25, -0.2) is 0 Å². The SMILES string of the molecule is Cc1ccc(COc2ccc([C@@H]3C(C#N)=C(N)Oc4cc(O)ccc43)cc2)cc1. The lowest BCUT2D eigenvalue weighted by atomic mass is 9.83. The van der Waals surface area contributed by atoms with Crippen LogP contribution in [-0.2, 0) is 6.61 Å². The van der Waals surface area contributed by atoms with Crippen molar-refractivity contribution in [3.8, 4) is 23.3 Å². The minimum Gasteiger partial charge on any atom is -0.508 e. The Morgan fingerprint density at radius 2 is 1.79 bits per heavy atom. The maximum Gasteiger partial charge on any atom is 0.205 e. The van der Waals surface area contributed by atoms with Gasteiger partial charge in [-0.2, -0.15) is 5.26 Å². The van der Waals surface area contributed by atoms with Gasteiger partial charge in [-0.1, -0.05) is 48.0 Å². The van der Waals surface area contributed by atoms with Crippen molar-refractivity contribution in [2.45, 2.75) is 19.4 Å². The summed E-state index contributed by atoms with van der Waals surface area (Å²) in [5.74, 6) is 0.954. The molecule has 0 saturated carbocycles. The third kappa shape index (κ3) is 3.74. The van der Waals surface area contributed by atoms with Gasteiger partial charge in [-0.15, -0.1) is 0 Å². The molecule has 0 unspecified atom stereocenters. The first-order chi connectivity index (χ1) is 14.0. The zero-order chi connectivity index (χ0) is 20.4. The van der Waals surface area contributed by atoms with Gasteiger partial charge in [0.05, 0.1) is 5.92 Å². The van der Waals surface area contributed by atoms with Crippen LogP contribution in [0.4, 0.5) is 0 Å². The van der Waals surface area contributed by atoms with Crippen LogP contribution in [0.3, 0.4) is 0 Å². The average molecular weight is 384 g/mol. The molecule has 0 aromatic heterocycles. The van der Waals surface area contributed by atoms with E-state index in [0.717, 1.165) is 22.4 Å². The van der Waals surface area contributed by atoms with Gasteiger partial charge in [0.2, 0.25) is 5.88 Å². The van der Waals surface area contributed by atoms with Crippen LogP contribution in [0.25, 0.3) is 0 Å². The number of aryl methyl sites for hydroxylation is 1. The van der Waals surface area contributed by atoms with Crippen LogP contribution >= 0.6 is 0 Å². The molecule has 144 valence electrons. The number of nitrogens with two attached hydrogens (primary N) is 1. The van der Waals surface area contributed by atoms with Crippen molar-refractivity contribution >= 4 is 0 Å². The van der Waals surface area contributed by atoms with E-state index < -0.39 is 0 Å². The fraction of sp³-hybridized carbons (Fsp3) is 0.125. The highest BCUT2D eigenvalue weighted by Crippen LogP contribution is 2.43. The third-order valence-electron chi connectivity index (χ3n) is 4.94. The summed E-state index contributed by atoms with van der Waals surface area (Å²) in [5, 5.41) is 19.4. The van der Waals surface area contributed by atoms with Gasteiger partial charge >= 0.3 is 0 Å². The highest BCUT2D eigenvalue weighted by atomic mass is 16.5. The van der Waals surface area contributed by atoms with Crippen molar-refractivity contribution in [1.82, 2.24) is 0 Å². The molecule has 3 N–H and O–H groups in total. The van der Waals surface area contributed by atoms with Gasteiger partial charge in [-0.3, -0.25) is 0 Å². The van der Waals surface area contributed by atoms with E-state index in [1.54, 1.807) is 12.1 Å². The van der Waals surface area contributed by atoms with Crippen LogP contribution in [0.1, 0.15) is 28.2 Å². The van der Waals surface area contributed by atoms with Crippen LogP contribution < -0.4 is 15.2 Å². The molecular weight excluding hydrogens is 364 g/mol. The number of hydrogen-bond acceptors (Lipinski definition) is 5. The van der Waals surface area contributed by atoms with Crippen LogP contribution in [0.5, 0.6) is 17.2 Å². The molecule has 1 heterocycles. The number of hydrogen-bond donors (Lipinski definition) is 2. The van der Waals surface area contributed by atoms with Crippen molar-refractivity contribution in [3.05, 3.63) is 100 Å². The Balaban J connectivity index is 1.59. The number of benzene rings is 3. The zero-order valence-corrected chi connectivity index (χ0v) is 15.9. The second-order valence-corrected chi connectivity index (χ2v) is 6.99. The molecule has 5 nitrogen and oxygen atoms in total. The highest BCUT2D eigenvalue weighted by molar-refractivity contribution is 5.57. The van der Waals surface area contributed by atoms with Crippen molar-refractivity contribution in [1.29, 1.82) is 5.26 Å². The predicted molar refractivity (Wildman–Crippen MR) is 109 cm³/mol. The second kappa shape index (κ2) is 7.61. The highest BCUT2D eigenvalue weighted by Gasteiger charge is 2.30. The maximum absolute atomic E-state index is 9.74. The molecule has 0 spiro atoms. The van der Waals surface area contributed by atoms with Gasteiger partial charge in [0.1, 0.15) is 35.5 Å². The molecule has 5 heteroatoms. The smallest absolute Gasteiger partial charge is 0.205 e. The lowest BCUT2D eigenvalue weighted by molar-refractivity contribution is 0.306. The average Bonchev–Trinajstić information content (AvgIpc) is 2.72. The van der Waals surface area contributed by atoms with Crippen LogP contribution in [-0.4, -0.2) is 5.11 Å². The van der Waals surface area contributed by atoms with Gasteiger partial charge in [0, 0.05) is 11.6 Å². The molecule has 3 aromatic carbocycles. The van der Waals surface area contributed by atoms with E-state index in [2.05, 4.69) is 25.1 Å². The topological polar surface area (TPSA) is 88.5 Å². The lowest BCUT2D eigenvalue weighted by Crippen LogP contribution is -2.20. The van der Waals surface area contributed by atoms with Crippen LogP contribution in [0.15, 0.2) is 78.2 Å². The monoisotopic (exact) mass is 384 g/mol. The Bertz CT molecular complexity index is 1110. The molecule has 0 saturated heterocycles. The Kier molecular flexibility index (Phi) is 4.84. The second-order valence-electron chi connectivity index (χ2n) is 6.99. The molecule has 4 rings (SSSR count). The number of allylic oxidation sites excluding steroid dienone is 1. The van der Waals surface area contributed by atoms with Gasteiger partial charge < -0.3 is 20.3 Å². The molecule has 0 bridgehead atoms. The number of fused-ring (bicyclic) bond motifs is 1. The molecule has 0 amide bonds. The summed E-state index contributed by atoms with van der Waals surface area (Å²) in [6.07, 6.45) is 0. The summed E-state index contributed by atoms with van der Waals surface area (Å²) in [7, 11) is 0. The summed E-state index contributed by atoms with van der Waals surface area (Å²) in [6, 6.07) is 22.8. The largest absolute Gasteiger partial charge is 0.508 e. The van der Waals surface area contributed by atoms with Crippen LogP contribution in [0.2, 0.25) is 0 Å². The number of nitriles is 1. The number of rotatable bonds is 4. The molecule has 1 aliphatic heterocycles. The normalized spacial score (nSPS) is 15.2.